The zero-order valence-corrected chi connectivity index (χ0v) is 8.60. The molecule has 70 valence electrons. The Hall–Kier alpha value is -0.670. The lowest BCUT2D eigenvalue weighted by Gasteiger charge is -2.09. The van der Waals surface area contributed by atoms with Crippen molar-refractivity contribution >= 4 is 11.3 Å². The smallest absolute Gasteiger partial charge is 0.107 e. The number of nitrogens with one attached hydrogen (secondary N) is 1. The van der Waals surface area contributed by atoms with Gasteiger partial charge in [-0.15, -0.1) is 11.3 Å². The van der Waals surface area contributed by atoms with E-state index in [1.165, 1.54) is 17.8 Å². The van der Waals surface area contributed by atoms with Crippen molar-refractivity contribution in [3.8, 4) is 0 Å². The van der Waals surface area contributed by atoms with Crippen molar-refractivity contribution in [1.29, 1.82) is 0 Å². The van der Waals surface area contributed by atoms with Crippen LogP contribution in [-0.2, 0) is 6.54 Å². The second-order valence-electron chi connectivity index (χ2n) is 3.40. The zero-order chi connectivity index (χ0) is 9.10. The van der Waals surface area contributed by atoms with Crippen LogP contribution in [0.25, 0.3) is 0 Å². The number of hydrogen-bond donors (Lipinski definition) is 1. The lowest BCUT2D eigenvalue weighted by atomic mass is 10.2. The normalized spacial score (nSPS) is 17.0. The largest absolute Gasteiger partial charge is 0.307 e. The molecule has 0 atom stereocenters. The van der Waals surface area contributed by atoms with Crippen molar-refractivity contribution in [1.82, 2.24) is 10.3 Å². The molecular weight excluding hydrogens is 180 g/mol. The highest BCUT2D eigenvalue weighted by Crippen LogP contribution is 2.12. The van der Waals surface area contributed by atoms with Gasteiger partial charge in [0.05, 0.1) is 0 Å². The topological polar surface area (TPSA) is 24.9 Å². The Balaban J connectivity index is 1.79. The Bertz CT molecular complexity index is 296. The first-order chi connectivity index (χ1) is 6.34. The fourth-order valence-corrected chi connectivity index (χ4v) is 2.22. The van der Waals surface area contributed by atoms with Crippen molar-refractivity contribution in [2.75, 3.05) is 0 Å². The summed E-state index contributed by atoms with van der Waals surface area (Å²) in [6.45, 7) is 2.96. The van der Waals surface area contributed by atoms with E-state index in [4.69, 9.17) is 0 Å². The lowest BCUT2D eigenvalue weighted by Crippen LogP contribution is -2.25. The maximum atomic E-state index is 4.41. The van der Waals surface area contributed by atoms with E-state index in [0.717, 1.165) is 12.2 Å². The molecule has 0 bridgehead atoms. The van der Waals surface area contributed by atoms with Crippen molar-refractivity contribution in [3.63, 3.8) is 0 Å². The molecule has 0 unspecified atom stereocenters. The van der Waals surface area contributed by atoms with Crippen LogP contribution in [0.5, 0.6) is 0 Å². The Morgan fingerprint density at radius 1 is 1.54 bits per heavy atom. The van der Waals surface area contributed by atoms with Gasteiger partial charge in [-0.25, -0.2) is 4.98 Å². The summed E-state index contributed by atoms with van der Waals surface area (Å²) in [5.74, 6) is 0. The van der Waals surface area contributed by atoms with Gasteiger partial charge in [0.2, 0.25) is 0 Å². The average molecular weight is 194 g/mol. The Morgan fingerprint density at radius 3 is 2.92 bits per heavy atom. The Labute approximate surface area is 82.7 Å². The molecule has 1 aliphatic rings. The third-order valence-corrected chi connectivity index (χ3v) is 3.18. The van der Waals surface area contributed by atoms with Crippen LogP contribution in [0.4, 0.5) is 0 Å². The minimum atomic E-state index is 0.643. The SMILES string of the molecule is Cc1csc(CNC2CC=CC2)n1. The first kappa shape index (κ1) is 8.91. The number of thiazole rings is 1. The minimum Gasteiger partial charge on any atom is -0.307 e. The van der Waals surface area contributed by atoms with Crippen molar-refractivity contribution in [2.24, 2.45) is 0 Å². The van der Waals surface area contributed by atoms with Gasteiger partial charge < -0.3 is 5.32 Å². The van der Waals surface area contributed by atoms with Gasteiger partial charge in [-0.1, -0.05) is 12.2 Å². The summed E-state index contributed by atoms with van der Waals surface area (Å²) in [5, 5.41) is 6.80. The third kappa shape index (κ3) is 2.39. The van der Waals surface area contributed by atoms with E-state index in [1.54, 1.807) is 11.3 Å². The molecule has 1 heterocycles. The fourth-order valence-electron chi connectivity index (χ4n) is 1.50. The van der Waals surface area contributed by atoms with Crippen LogP contribution in [-0.4, -0.2) is 11.0 Å². The van der Waals surface area contributed by atoms with Crippen LogP contribution in [0.3, 0.4) is 0 Å². The van der Waals surface area contributed by atoms with E-state index in [1.807, 2.05) is 6.92 Å². The van der Waals surface area contributed by atoms with Gasteiger partial charge in [0.15, 0.2) is 0 Å². The van der Waals surface area contributed by atoms with Crippen LogP contribution >= 0.6 is 11.3 Å². The van der Waals surface area contributed by atoms with Gasteiger partial charge in [-0.3, -0.25) is 0 Å². The molecule has 2 rings (SSSR count). The monoisotopic (exact) mass is 194 g/mol. The summed E-state index contributed by atoms with van der Waals surface area (Å²) in [6.07, 6.45) is 6.82. The molecule has 0 radical (unpaired) electrons. The van der Waals surface area contributed by atoms with Crippen LogP contribution in [0.2, 0.25) is 0 Å². The first-order valence-electron chi connectivity index (χ1n) is 4.64. The second-order valence-corrected chi connectivity index (χ2v) is 4.35. The van der Waals surface area contributed by atoms with Gasteiger partial charge in [-0.2, -0.15) is 0 Å². The minimum absolute atomic E-state index is 0.643. The highest BCUT2D eigenvalue weighted by atomic mass is 32.1. The van der Waals surface area contributed by atoms with Gasteiger partial charge >= 0.3 is 0 Å². The molecular formula is C10H14N2S. The van der Waals surface area contributed by atoms with E-state index in [0.29, 0.717) is 6.04 Å². The summed E-state index contributed by atoms with van der Waals surface area (Å²) in [6, 6.07) is 0.643. The van der Waals surface area contributed by atoms with Crippen molar-refractivity contribution in [2.45, 2.75) is 32.4 Å². The zero-order valence-electron chi connectivity index (χ0n) is 7.79. The van der Waals surface area contributed by atoms with E-state index in [2.05, 4.69) is 27.8 Å². The highest BCUT2D eigenvalue weighted by molar-refractivity contribution is 7.09. The fraction of sp³-hybridized carbons (Fsp3) is 0.500. The third-order valence-electron chi connectivity index (χ3n) is 2.22. The van der Waals surface area contributed by atoms with Crippen LogP contribution in [0.15, 0.2) is 17.5 Å². The number of aryl methyl sites for hydroxylation is 1. The second kappa shape index (κ2) is 4.03. The van der Waals surface area contributed by atoms with Crippen LogP contribution in [0, 0.1) is 6.92 Å². The lowest BCUT2D eigenvalue weighted by molar-refractivity contribution is 0.537. The number of rotatable bonds is 3. The molecule has 0 spiro atoms. The summed E-state index contributed by atoms with van der Waals surface area (Å²) < 4.78 is 0. The molecule has 0 aliphatic heterocycles. The predicted octanol–water partition coefficient (Wildman–Crippen LogP) is 2.26. The Morgan fingerprint density at radius 2 is 2.31 bits per heavy atom. The maximum absolute atomic E-state index is 4.41. The molecule has 1 aromatic heterocycles. The molecule has 0 aromatic carbocycles. The summed E-state index contributed by atoms with van der Waals surface area (Å²) in [7, 11) is 0. The van der Waals surface area contributed by atoms with Gasteiger partial charge in [-0.05, 0) is 19.8 Å². The van der Waals surface area contributed by atoms with Crippen molar-refractivity contribution < 1.29 is 0 Å². The molecule has 1 N–H and O–H groups in total. The van der Waals surface area contributed by atoms with Crippen molar-refractivity contribution in [3.05, 3.63) is 28.2 Å². The van der Waals surface area contributed by atoms with E-state index >= 15 is 0 Å². The number of hydrogen-bond acceptors (Lipinski definition) is 3. The molecule has 0 saturated carbocycles. The van der Waals surface area contributed by atoms with E-state index in [9.17, 15) is 0 Å². The molecule has 3 heteroatoms. The molecule has 1 aromatic rings. The predicted molar refractivity (Wildman–Crippen MR) is 55.9 cm³/mol. The number of aromatic nitrogens is 1. The molecule has 0 saturated heterocycles. The Kier molecular flexibility index (Phi) is 2.76. The molecule has 1 aliphatic carbocycles. The average Bonchev–Trinajstić information content (AvgIpc) is 2.71. The maximum Gasteiger partial charge on any atom is 0.107 e. The summed E-state index contributed by atoms with van der Waals surface area (Å²) in [4.78, 5) is 4.41. The molecule has 0 amide bonds. The quantitative estimate of drug-likeness (QED) is 0.747. The van der Waals surface area contributed by atoms with Gasteiger partial charge in [0.25, 0.3) is 0 Å². The summed E-state index contributed by atoms with van der Waals surface area (Å²) in [5.41, 5.74) is 1.13. The van der Waals surface area contributed by atoms with Crippen LogP contribution in [0.1, 0.15) is 23.5 Å². The summed E-state index contributed by atoms with van der Waals surface area (Å²) >= 11 is 1.74. The standard InChI is InChI=1S/C10H14N2S/c1-8-7-13-10(12-8)6-11-9-4-2-3-5-9/h2-3,7,9,11H,4-6H2,1H3. The number of nitrogens with zero attached hydrogens (tertiary/aromatic N) is 1. The van der Waals surface area contributed by atoms with Gasteiger partial charge in [0, 0.05) is 23.7 Å². The molecule has 0 fully saturated rings. The van der Waals surface area contributed by atoms with Crippen LogP contribution < -0.4 is 5.32 Å². The van der Waals surface area contributed by atoms with E-state index < -0.39 is 0 Å². The van der Waals surface area contributed by atoms with Gasteiger partial charge in [0.1, 0.15) is 5.01 Å². The highest BCUT2D eigenvalue weighted by Gasteiger charge is 2.09. The molecule has 13 heavy (non-hydrogen) atoms. The molecule has 2 nitrogen and oxygen atoms in total. The van der Waals surface area contributed by atoms with E-state index in [-0.39, 0.29) is 0 Å². The first-order valence-corrected chi connectivity index (χ1v) is 5.52.